The zero-order chi connectivity index (χ0) is 15.7. The second-order valence-electron chi connectivity index (χ2n) is 5.47. The highest BCUT2D eigenvalue weighted by Crippen LogP contribution is 2.34. The Hall–Kier alpha value is -2.55. The number of methoxy groups -OCH3 is 2. The van der Waals surface area contributed by atoms with Gasteiger partial charge in [-0.15, -0.1) is 0 Å². The van der Waals surface area contributed by atoms with Gasteiger partial charge in [0, 0.05) is 10.9 Å². The summed E-state index contributed by atoms with van der Waals surface area (Å²) in [6, 6.07) is 14.3. The maximum Gasteiger partial charge on any atom is 0.145 e. The molecule has 0 spiro atoms. The fourth-order valence-electron chi connectivity index (χ4n) is 2.64. The third-order valence-electron chi connectivity index (χ3n) is 3.72. The van der Waals surface area contributed by atoms with E-state index in [4.69, 9.17) is 14.5 Å². The SMILES string of the molecule is COc1cc(C)cc(-c2nc3ccc(C)cc3cc2OC)c1. The van der Waals surface area contributed by atoms with E-state index in [9.17, 15) is 0 Å². The van der Waals surface area contributed by atoms with Gasteiger partial charge in [-0.2, -0.15) is 0 Å². The van der Waals surface area contributed by atoms with Crippen LogP contribution < -0.4 is 9.47 Å². The smallest absolute Gasteiger partial charge is 0.145 e. The first kappa shape index (κ1) is 14.4. The number of ether oxygens (including phenoxy) is 2. The van der Waals surface area contributed by atoms with Crippen LogP contribution in [0.4, 0.5) is 0 Å². The molecule has 22 heavy (non-hydrogen) atoms. The van der Waals surface area contributed by atoms with Crippen molar-refractivity contribution in [2.45, 2.75) is 13.8 Å². The molecule has 0 saturated heterocycles. The van der Waals surface area contributed by atoms with E-state index in [1.54, 1.807) is 14.2 Å². The molecule has 0 aliphatic carbocycles. The van der Waals surface area contributed by atoms with Gasteiger partial charge in [-0.05, 0) is 55.8 Å². The van der Waals surface area contributed by atoms with Crippen LogP contribution in [0.2, 0.25) is 0 Å². The van der Waals surface area contributed by atoms with Gasteiger partial charge in [-0.3, -0.25) is 0 Å². The molecule has 0 fully saturated rings. The number of pyridine rings is 1. The number of rotatable bonds is 3. The average molecular weight is 293 g/mol. The lowest BCUT2D eigenvalue weighted by Crippen LogP contribution is -1.94. The van der Waals surface area contributed by atoms with Crippen LogP contribution in [0, 0.1) is 13.8 Å². The molecule has 0 bridgehead atoms. The van der Waals surface area contributed by atoms with E-state index in [0.717, 1.165) is 39.2 Å². The minimum Gasteiger partial charge on any atom is -0.497 e. The molecule has 1 heterocycles. The summed E-state index contributed by atoms with van der Waals surface area (Å²) in [4.78, 5) is 4.79. The number of aryl methyl sites for hydroxylation is 2. The lowest BCUT2D eigenvalue weighted by atomic mass is 10.0. The molecule has 0 amide bonds. The maximum absolute atomic E-state index is 5.56. The number of hydrogen-bond acceptors (Lipinski definition) is 3. The second-order valence-corrected chi connectivity index (χ2v) is 5.47. The summed E-state index contributed by atoms with van der Waals surface area (Å²) in [5.74, 6) is 1.59. The summed E-state index contributed by atoms with van der Waals surface area (Å²) in [6.45, 7) is 4.12. The van der Waals surface area contributed by atoms with Crippen molar-refractivity contribution in [3.63, 3.8) is 0 Å². The Morgan fingerprint density at radius 2 is 1.64 bits per heavy atom. The van der Waals surface area contributed by atoms with Gasteiger partial charge in [0.25, 0.3) is 0 Å². The summed E-state index contributed by atoms with van der Waals surface area (Å²) in [7, 11) is 3.35. The average Bonchev–Trinajstić information content (AvgIpc) is 2.52. The Morgan fingerprint density at radius 1 is 0.818 bits per heavy atom. The van der Waals surface area contributed by atoms with Crippen molar-refractivity contribution in [1.82, 2.24) is 4.98 Å². The van der Waals surface area contributed by atoms with Gasteiger partial charge in [-0.1, -0.05) is 11.6 Å². The van der Waals surface area contributed by atoms with Crippen molar-refractivity contribution in [2.24, 2.45) is 0 Å². The van der Waals surface area contributed by atoms with Crippen LogP contribution in [0.5, 0.6) is 11.5 Å². The fourth-order valence-corrected chi connectivity index (χ4v) is 2.64. The van der Waals surface area contributed by atoms with Crippen molar-refractivity contribution >= 4 is 10.9 Å². The topological polar surface area (TPSA) is 31.4 Å². The lowest BCUT2D eigenvalue weighted by Gasteiger charge is -2.12. The van der Waals surface area contributed by atoms with Gasteiger partial charge in [-0.25, -0.2) is 4.98 Å². The van der Waals surface area contributed by atoms with Crippen LogP contribution in [0.25, 0.3) is 22.2 Å². The first-order valence-corrected chi connectivity index (χ1v) is 7.22. The Labute approximate surface area is 130 Å². The first-order valence-electron chi connectivity index (χ1n) is 7.22. The van der Waals surface area contributed by atoms with Crippen molar-refractivity contribution in [2.75, 3.05) is 14.2 Å². The Bertz CT molecular complexity index is 840. The molecule has 3 nitrogen and oxygen atoms in total. The van der Waals surface area contributed by atoms with Gasteiger partial charge in [0.05, 0.1) is 19.7 Å². The number of aromatic nitrogens is 1. The lowest BCUT2D eigenvalue weighted by molar-refractivity contribution is 0.413. The molecule has 3 rings (SSSR count). The Kier molecular flexibility index (Phi) is 3.72. The monoisotopic (exact) mass is 293 g/mol. The first-order chi connectivity index (χ1) is 10.6. The van der Waals surface area contributed by atoms with E-state index in [2.05, 4.69) is 25.1 Å². The molecule has 0 saturated carbocycles. The zero-order valence-electron chi connectivity index (χ0n) is 13.3. The fraction of sp³-hybridized carbons (Fsp3) is 0.211. The van der Waals surface area contributed by atoms with Gasteiger partial charge >= 0.3 is 0 Å². The van der Waals surface area contributed by atoms with E-state index in [-0.39, 0.29) is 0 Å². The highest BCUT2D eigenvalue weighted by Gasteiger charge is 2.11. The molecular weight excluding hydrogens is 274 g/mol. The van der Waals surface area contributed by atoms with E-state index in [0.29, 0.717) is 0 Å². The number of fused-ring (bicyclic) bond motifs is 1. The van der Waals surface area contributed by atoms with Crippen LogP contribution in [0.15, 0.2) is 42.5 Å². The largest absolute Gasteiger partial charge is 0.497 e. The van der Waals surface area contributed by atoms with E-state index < -0.39 is 0 Å². The highest BCUT2D eigenvalue weighted by molar-refractivity contribution is 5.85. The summed E-state index contributed by atoms with van der Waals surface area (Å²) in [6.07, 6.45) is 0. The van der Waals surface area contributed by atoms with Crippen molar-refractivity contribution in [3.8, 4) is 22.8 Å². The third-order valence-corrected chi connectivity index (χ3v) is 3.72. The number of nitrogens with zero attached hydrogens (tertiary/aromatic N) is 1. The van der Waals surface area contributed by atoms with Gasteiger partial charge in [0.2, 0.25) is 0 Å². The second kappa shape index (κ2) is 5.68. The van der Waals surface area contributed by atoms with Crippen LogP contribution in [0.3, 0.4) is 0 Å². The predicted octanol–water partition coefficient (Wildman–Crippen LogP) is 4.54. The predicted molar refractivity (Wildman–Crippen MR) is 89.8 cm³/mol. The van der Waals surface area contributed by atoms with E-state index in [1.807, 2.05) is 31.2 Å². The van der Waals surface area contributed by atoms with Gasteiger partial charge in [0.15, 0.2) is 0 Å². The third kappa shape index (κ3) is 2.62. The normalized spacial score (nSPS) is 10.7. The van der Waals surface area contributed by atoms with Gasteiger partial charge < -0.3 is 9.47 Å². The molecule has 0 N–H and O–H groups in total. The molecule has 0 radical (unpaired) electrons. The van der Waals surface area contributed by atoms with E-state index >= 15 is 0 Å². The molecule has 2 aromatic carbocycles. The number of hydrogen-bond donors (Lipinski definition) is 0. The molecule has 3 aromatic rings. The van der Waals surface area contributed by atoms with Crippen LogP contribution in [-0.2, 0) is 0 Å². The quantitative estimate of drug-likeness (QED) is 0.710. The van der Waals surface area contributed by atoms with Crippen molar-refractivity contribution in [3.05, 3.63) is 53.6 Å². The zero-order valence-corrected chi connectivity index (χ0v) is 13.3. The highest BCUT2D eigenvalue weighted by atomic mass is 16.5. The standard InChI is InChI=1S/C19H19NO2/c1-12-5-6-17-14(7-12)11-18(22-4)19(20-17)15-8-13(2)9-16(10-15)21-3/h5-11H,1-4H3. The molecule has 112 valence electrons. The maximum atomic E-state index is 5.56. The Morgan fingerprint density at radius 3 is 2.36 bits per heavy atom. The molecular formula is C19H19NO2. The summed E-state index contributed by atoms with van der Waals surface area (Å²) >= 11 is 0. The summed E-state index contributed by atoms with van der Waals surface area (Å²) < 4.78 is 10.9. The summed E-state index contributed by atoms with van der Waals surface area (Å²) in [5.41, 5.74) is 5.13. The van der Waals surface area contributed by atoms with Crippen LogP contribution in [-0.4, -0.2) is 19.2 Å². The minimum atomic E-state index is 0.769. The molecule has 3 heteroatoms. The molecule has 0 aliphatic heterocycles. The summed E-state index contributed by atoms with van der Waals surface area (Å²) in [5, 5.41) is 1.08. The molecule has 0 aliphatic rings. The number of benzene rings is 2. The van der Waals surface area contributed by atoms with Crippen LogP contribution in [0.1, 0.15) is 11.1 Å². The van der Waals surface area contributed by atoms with Gasteiger partial charge in [0.1, 0.15) is 17.2 Å². The van der Waals surface area contributed by atoms with Crippen LogP contribution >= 0.6 is 0 Å². The van der Waals surface area contributed by atoms with Crippen molar-refractivity contribution in [1.29, 1.82) is 0 Å². The molecule has 0 unspecified atom stereocenters. The minimum absolute atomic E-state index is 0.769. The van der Waals surface area contributed by atoms with E-state index in [1.165, 1.54) is 5.56 Å². The molecule has 1 aromatic heterocycles. The molecule has 0 atom stereocenters. The Balaban J connectivity index is 2.25. The van der Waals surface area contributed by atoms with Crippen molar-refractivity contribution < 1.29 is 9.47 Å².